The third-order valence-electron chi connectivity index (χ3n) is 4.76. The molecule has 28 heavy (non-hydrogen) atoms. The molecule has 142 valence electrons. The minimum Gasteiger partial charge on any atom is -0.479 e. The molecule has 0 saturated heterocycles. The van der Waals surface area contributed by atoms with Gasteiger partial charge in [0.25, 0.3) is 0 Å². The van der Waals surface area contributed by atoms with Crippen LogP contribution in [0.15, 0.2) is 69.8 Å². The summed E-state index contributed by atoms with van der Waals surface area (Å²) in [6.45, 7) is 0.103. The van der Waals surface area contributed by atoms with E-state index in [1.54, 1.807) is 6.07 Å². The molecule has 0 radical (unpaired) electrons. The van der Waals surface area contributed by atoms with Gasteiger partial charge in [-0.1, -0.05) is 48.5 Å². The number of benzene rings is 2. The van der Waals surface area contributed by atoms with Crippen LogP contribution in [-0.2, 0) is 9.53 Å². The highest BCUT2D eigenvalue weighted by Crippen LogP contribution is 2.44. The molecule has 0 fully saturated rings. The minimum atomic E-state index is -1.35. The van der Waals surface area contributed by atoms with E-state index < -0.39 is 18.1 Å². The van der Waals surface area contributed by atoms with Crippen LogP contribution >= 0.6 is 15.9 Å². The van der Waals surface area contributed by atoms with Crippen molar-refractivity contribution >= 4 is 28.0 Å². The topological polar surface area (TPSA) is 88.8 Å². The molecular formula is C21H16BrNO5. The van der Waals surface area contributed by atoms with E-state index in [4.69, 9.17) is 9.15 Å². The summed E-state index contributed by atoms with van der Waals surface area (Å²) < 4.78 is 11.0. The Labute approximate surface area is 169 Å². The zero-order valence-corrected chi connectivity index (χ0v) is 16.2. The predicted octanol–water partition coefficient (Wildman–Crippen LogP) is 4.71. The lowest BCUT2D eigenvalue weighted by molar-refractivity contribution is -0.140. The Morgan fingerprint density at radius 2 is 1.68 bits per heavy atom. The zero-order chi connectivity index (χ0) is 19.7. The first-order valence-corrected chi connectivity index (χ1v) is 9.42. The third-order valence-corrected chi connectivity index (χ3v) is 5.41. The number of carboxylic acid groups (broad SMARTS) is 1. The number of halogens is 1. The SMILES string of the molecule is O=C(NC(C(=O)O)c1occc1Br)OCC1c2ccccc2-c2ccccc21. The fraction of sp³-hybridized carbons (Fsp3) is 0.143. The summed E-state index contributed by atoms with van der Waals surface area (Å²) in [7, 11) is 0. The Balaban J connectivity index is 1.49. The maximum Gasteiger partial charge on any atom is 0.408 e. The molecule has 1 heterocycles. The van der Waals surface area contributed by atoms with Gasteiger partial charge in [-0.3, -0.25) is 0 Å². The number of carbonyl (C=O) groups excluding carboxylic acids is 1. The average molecular weight is 442 g/mol. The molecule has 3 aromatic rings. The van der Waals surface area contributed by atoms with Gasteiger partial charge in [0, 0.05) is 5.92 Å². The molecule has 1 unspecified atom stereocenters. The van der Waals surface area contributed by atoms with Gasteiger partial charge in [0.05, 0.1) is 10.7 Å². The van der Waals surface area contributed by atoms with Gasteiger partial charge in [0.1, 0.15) is 6.61 Å². The second-order valence-corrected chi connectivity index (χ2v) is 7.23. The second kappa shape index (κ2) is 7.52. The molecule has 6 nitrogen and oxygen atoms in total. The number of aliphatic carboxylic acids is 1. The minimum absolute atomic E-state index is 0.0982. The van der Waals surface area contributed by atoms with Crippen LogP contribution in [0.3, 0.4) is 0 Å². The average Bonchev–Trinajstić information content (AvgIpc) is 3.25. The Morgan fingerprint density at radius 1 is 1.07 bits per heavy atom. The van der Waals surface area contributed by atoms with Gasteiger partial charge in [-0.15, -0.1) is 0 Å². The van der Waals surface area contributed by atoms with Crippen molar-refractivity contribution in [3.63, 3.8) is 0 Å². The van der Waals surface area contributed by atoms with Crippen molar-refractivity contribution in [2.45, 2.75) is 12.0 Å². The number of hydrogen-bond donors (Lipinski definition) is 2. The number of fused-ring (bicyclic) bond motifs is 3. The molecule has 1 aliphatic rings. The fourth-order valence-corrected chi connectivity index (χ4v) is 3.94. The highest BCUT2D eigenvalue weighted by atomic mass is 79.9. The van der Waals surface area contributed by atoms with Gasteiger partial charge in [-0.05, 0) is 44.3 Å². The van der Waals surface area contributed by atoms with Crippen molar-refractivity contribution < 1.29 is 23.8 Å². The van der Waals surface area contributed by atoms with Crippen LogP contribution in [0.4, 0.5) is 4.79 Å². The molecule has 0 aliphatic heterocycles. The quantitative estimate of drug-likeness (QED) is 0.598. The molecule has 2 aromatic carbocycles. The van der Waals surface area contributed by atoms with Crippen molar-refractivity contribution in [3.05, 3.63) is 82.2 Å². The standard InChI is InChI=1S/C21H16BrNO5/c22-17-9-10-27-19(17)18(20(24)25)23-21(26)28-11-16-14-7-3-1-5-12(14)13-6-2-4-8-15(13)16/h1-10,16,18H,11H2,(H,23,26)(H,24,25). The Hall–Kier alpha value is -3.06. The number of furan rings is 1. The molecule has 0 spiro atoms. The van der Waals surface area contributed by atoms with Gasteiger partial charge < -0.3 is 19.6 Å². The highest BCUT2D eigenvalue weighted by molar-refractivity contribution is 9.10. The summed E-state index contributed by atoms with van der Waals surface area (Å²) in [4.78, 5) is 23.8. The molecule has 7 heteroatoms. The van der Waals surface area contributed by atoms with Crippen LogP contribution in [-0.4, -0.2) is 23.8 Å². The second-order valence-electron chi connectivity index (χ2n) is 6.37. The fourth-order valence-electron chi connectivity index (χ4n) is 3.51. The summed E-state index contributed by atoms with van der Waals surface area (Å²) in [6.07, 6.45) is 0.520. The number of alkyl carbamates (subject to hydrolysis) is 1. The van der Waals surface area contributed by atoms with Gasteiger partial charge >= 0.3 is 12.1 Å². The van der Waals surface area contributed by atoms with Crippen LogP contribution in [0.1, 0.15) is 28.8 Å². The molecule has 0 saturated carbocycles. The van der Waals surface area contributed by atoms with Gasteiger partial charge in [-0.25, -0.2) is 9.59 Å². The summed E-state index contributed by atoms with van der Waals surface area (Å²) >= 11 is 3.20. The maximum absolute atomic E-state index is 12.3. The lowest BCUT2D eigenvalue weighted by atomic mass is 9.98. The summed E-state index contributed by atoms with van der Waals surface area (Å²) in [5.41, 5.74) is 4.41. The molecule has 1 amide bonds. The van der Waals surface area contributed by atoms with Crippen LogP contribution < -0.4 is 5.32 Å². The number of rotatable bonds is 5. The predicted molar refractivity (Wildman–Crippen MR) is 105 cm³/mol. The smallest absolute Gasteiger partial charge is 0.408 e. The van der Waals surface area contributed by atoms with Gasteiger partial charge in [-0.2, -0.15) is 0 Å². The number of carboxylic acids is 1. The van der Waals surface area contributed by atoms with E-state index in [2.05, 4.69) is 21.2 Å². The van der Waals surface area contributed by atoms with Gasteiger partial charge in [0.15, 0.2) is 11.8 Å². The van der Waals surface area contributed by atoms with Crippen molar-refractivity contribution in [1.29, 1.82) is 0 Å². The summed E-state index contributed by atoms with van der Waals surface area (Å²) in [6, 6.07) is 16.2. The molecule has 1 atom stereocenters. The van der Waals surface area contributed by atoms with E-state index in [0.29, 0.717) is 4.47 Å². The largest absolute Gasteiger partial charge is 0.479 e. The van der Waals surface area contributed by atoms with E-state index in [-0.39, 0.29) is 18.3 Å². The first-order valence-electron chi connectivity index (χ1n) is 8.63. The lowest BCUT2D eigenvalue weighted by Crippen LogP contribution is -2.34. The number of amides is 1. The van der Waals surface area contributed by atoms with E-state index in [1.165, 1.54) is 6.26 Å². The zero-order valence-electron chi connectivity index (χ0n) is 14.6. The van der Waals surface area contributed by atoms with Crippen molar-refractivity contribution in [2.75, 3.05) is 6.61 Å². The van der Waals surface area contributed by atoms with E-state index in [0.717, 1.165) is 22.3 Å². The molecular weight excluding hydrogens is 426 g/mol. The third kappa shape index (κ3) is 3.29. The van der Waals surface area contributed by atoms with Crippen molar-refractivity contribution in [2.24, 2.45) is 0 Å². The van der Waals surface area contributed by atoms with E-state index in [1.807, 2.05) is 48.5 Å². The molecule has 1 aliphatic carbocycles. The Morgan fingerprint density at radius 3 is 2.21 bits per heavy atom. The molecule has 1 aromatic heterocycles. The van der Waals surface area contributed by atoms with E-state index in [9.17, 15) is 14.7 Å². The molecule has 0 bridgehead atoms. The number of carbonyl (C=O) groups is 2. The van der Waals surface area contributed by atoms with Crippen LogP contribution in [0.2, 0.25) is 0 Å². The maximum atomic E-state index is 12.3. The van der Waals surface area contributed by atoms with Crippen LogP contribution in [0.5, 0.6) is 0 Å². The summed E-state index contributed by atoms with van der Waals surface area (Å²) in [5.74, 6) is -1.25. The Kier molecular flexibility index (Phi) is 4.92. The van der Waals surface area contributed by atoms with Crippen molar-refractivity contribution in [1.82, 2.24) is 5.32 Å². The number of ether oxygens (including phenoxy) is 1. The first kappa shape index (κ1) is 18.3. The van der Waals surface area contributed by atoms with Crippen LogP contribution in [0, 0.1) is 0 Å². The van der Waals surface area contributed by atoms with Crippen molar-refractivity contribution in [3.8, 4) is 11.1 Å². The highest BCUT2D eigenvalue weighted by Gasteiger charge is 2.31. The lowest BCUT2D eigenvalue weighted by Gasteiger charge is -2.16. The van der Waals surface area contributed by atoms with Crippen LogP contribution in [0.25, 0.3) is 11.1 Å². The number of nitrogens with one attached hydrogen (secondary N) is 1. The number of hydrogen-bond acceptors (Lipinski definition) is 4. The van der Waals surface area contributed by atoms with Gasteiger partial charge in [0.2, 0.25) is 0 Å². The first-order chi connectivity index (χ1) is 13.6. The monoisotopic (exact) mass is 441 g/mol. The normalized spacial score (nSPS) is 13.5. The summed E-state index contributed by atoms with van der Waals surface area (Å²) in [5, 5.41) is 11.8. The molecule has 2 N–H and O–H groups in total. The Bertz CT molecular complexity index is 999. The van der Waals surface area contributed by atoms with E-state index >= 15 is 0 Å². The molecule has 4 rings (SSSR count).